The molecule has 0 radical (unpaired) electrons. The van der Waals surface area contributed by atoms with Crippen LogP contribution in [-0.4, -0.2) is 47.3 Å². The summed E-state index contributed by atoms with van der Waals surface area (Å²) in [5, 5.41) is 20.3. The van der Waals surface area contributed by atoms with Crippen LogP contribution in [0.3, 0.4) is 0 Å². The molecule has 0 aliphatic rings. The summed E-state index contributed by atoms with van der Waals surface area (Å²) in [4.78, 5) is 34.2. The summed E-state index contributed by atoms with van der Waals surface area (Å²) >= 11 is 0. The van der Waals surface area contributed by atoms with E-state index in [0.717, 1.165) is 0 Å². The van der Waals surface area contributed by atoms with E-state index < -0.39 is 29.9 Å². The number of ether oxygens (including phenoxy) is 1. The highest BCUT2D eigenvalue weighted by molar-refractivity contribution is 5.87. The maximum atomic E-state index is 12.0. The Hall–Kier alpha value is -2.61. The van der Waals surface area contributed by atoms with E-state index in [2.05, 4.69) is 10.1 Å². The van der Waals surface area contributed by atoms with Crippen molar-refractivity contribution in [1.29, 1.82) is 0 Å². The lowest BCUT2D eigenvalue weighted by atomic mass is 10.0. The van der Waals surface area contributed by atoms with E-state index >= 15 is 0 Å². The average molecular weight is 324 g/mol. The Labute approximate surface area is 133 Å². The second-order valence-corrected chi connectivity index (χ2v) is 4.99. The minimum atomic E-state index is -1.05. The lowest BCUT2D eigenvalue weighted by Crippen LogP contribution is -2.49. The van der Waals surface area contributed by atoms with Crippen LogP contribution in [0.25, 0.3) is 0 Å². The molecule has 0 heterocycles. The molecule has 0 bridgehead atoms. The van der Waals surface area contributed by atoms with E-state index in [0.29, 0.717) is 5.56 Å². The quantitative estimate of drug-likeness (QED) is 0.485. The number of carbonyl (C=O) groups is 3. The van der Waals surface area contributed by atoms with E-state index in [4.69, 9.17) is 10.8 Å². The van der Waals surface area contributed by atoms with Crippen LogP contribution in [0.4, 0.5) is 0 Å². The predicted molar refractivity (Wildman–Crippen MR) is 80.6 cm³/mol. The Balaban J connectivity index is 2.70. The molecule has 23 heavy (non-hydrogen) atoms. The maximum absolute atomic E-state index is 12.0. The van der Waals surface area contributed by atoms with Crippen LogP contribution in [0.2, 0.25) is 0 Å². The molecule has 5 N–H and O–H groups in total. The molecule has 8 heteroatoms. The Morgan fingerprint density at radius 1 is 1.26 bits per heavy atom. The molecule has 0 saturated heterocycles. The monoisotopic (exact) mass is 324 g/mol. The molecule has 0 saturated carbocycles. The molecule has 8 nitrogen and oxygen atoms in total. The number of phenolic OH excluding ortho intramolecular Hbond substituents is 1. The minimum Gasteiger partial charge on any atom is -0.508 e. The first-order valence-electron chi connectivity index (χ1n) is 6.97. The van der Waals surface area contributed by atoms with E-state index in [1.54, 1.807) is 12.1 Å². The van der Waals surface area contributed by atoms with Gasteiger partial charge >= 0.3 is 11.9 Å². The van der Waals surface area contributed by atoms with Crippen LogP contribution >= 0.6 is 0 Å². The highest BCUT2D eigenvalue weighted by Gasteiger charge is 2.25. The number of aromatic hydroxyl groups is 1. The van der Waals surface area contributed by atoms with Crippen LogP contribution in [0.5, 0.6) is 5.75 Å². The lowest BCUT2D eigenvalue weighted by Gasteiger charge is -2.19. The number of rotatable bonds is 8. The smallest absolute Gasteiger partial charge is 0.328 e. The first-order chi connectivity index (χ1) is 10.8. The van der Waals surface area contributed by atoms with Gasteiger partial charge in [-0.15, -0.1) is 0 Å². The van der Waals surface area contributed by atoms with Crippen LogP contribution in [0.15, 0.2) is 24.3 Å². The predicted octanol–water partition coefficient (Wildman–Crippen LogP) is -0.215. The molecule has 2 atom stereocenters. The number of hydrogen-bond acceptors (Lipinski definition) is 6. The Kier molecular flexibility index (Phi) is 7.01. The number of carbonyl (C=O) groups excluding carboxylic acids is 2. The van der Waals surface area contributed by atoms with Crippen molar-refractivity contribution in [3.63, 3.8) is 0 Å². The number of methoxy groups -OCH3 is 1. The van der Waals surface area contributed by atoms with Gasteiger partial charge in [0.2, 0.25) is 5.91 Å². The second kappa shape index (κ2) is 8.74. The molecule has 0 spiro atoms. The molecule has 1 aromatic rings. The molecule has 0 aliphatic heterocycles. The van der Waals surface area contributed by atoms with Crippen molar-refractivity contribution in [2.45, 2.75) is 31.3 Å². The fourth-order valence-corrected chi connectivity index (χ4v) is 1.89. The molecule has 126 valence electrons. The molecule has 0 unspecified atom stereocenters. The summed E-state index contributed by atoms with van der Waals surface area (Å²) < 4.78 is 4.65. The fourth-order valence-electron chi connectivity index (χ4n) is 1.89. The number of esters is 1. The van der Waals surface area contributed by atoms with E-state index in [9.17, 15) is 19.5 Å². The standard InChI is InChI=1S/C15H20N2O6/c1-23-15(22)12(8-9-2-4-10(18)5-3-9)17-14(21)11(16)6-7-13(19)20/h2-5,11-12,18H,6-8,16H2,1H3,(H,17,21)(H,19,20)/t11-,12-/m0/s1. The van der Waals surface area contributed by atoms with Crippen LogP contribution in [-0.2, 0) is 25.5 Å². The number of phenols is 1. The van der Waals surface area contributed by atoms with Gasteiger partial charge in [0.25, 0.3) is 0 Å². The van der Waals surface area contributed by atoms with Gasteiger partial charge in [-0.3, -0.25) is 9.59 Å². The summed E-state index contributed by atoms with van der Waals surface area (Å²) in [5.41, 5.74) is 6.31. The van der Waals surface area contributed by atoms with Crippen molar-refractivity contribution < 1.29 is 29.3 Å². The van der Waals surface area contributed by atoms with Crippen molar-refractivity contribution in [2.75, 3.05) is 7.11 Å². The van der Waals surface area contributed by atoms with Crippen molar-refractivity contribution in [3.05, 3.63) is 29.8 Å². The highest BCUT2D eigenvalue weighted by Crippen LogP contribution is 2.12. The van der Waals surface area contributed by atoms with Crippen LogP contribution in [0.1, 0.15) is 18.4 Å². The molecule has 1 amide bonds. The summed E-state index contributed by atoms with van der Waals surface area (Å²) in [6, 6.07) is 4.17. The first kappa shape index (κ1) is 18.4. The third-order valence-electron chi connectivity index (χ3n) is 3.18. The third kappa shape index (κ3) is 6.35. The van der Waals surface area contributed by atoms with Crippen LogP contribution in [0, 0.1) is 0 Å². The number of aliphatic carboxylic acids is 1. The number of hydrogen-bond donors (Lipinski definition) is 4. The Morgan fingerprint density at radius 2 is 1.87 bits per heavy atom. The zero-order valence-corrected chi connectivity index (χ0v) is 12.7. The molecular formula is C15H20N2O6. The molecular weight excluding hydrogens is 304 g/mol. The third-order valence-corrected chi connectivity index (χ3v) is 3.18. The molecule has 0 fully saturated rings. The van der Waals surface area contributed by atoms with Crippen LogP contribution < -0.4 is 11.1 Å². The Bertz CT molecular complexity index is 558. The lowest BCUT2D eigenvalue weighted by molar-refractivity contribution is -0.145. The first-order valence-corrected chi connectivity index (χ1v) is 6.97. The van der Waals surface area contributed by atoms with Crippen molar-refractivity contribution in [3.8, 4) is 5.75 Å². The van der Waals surface area contributed by atoms with Gasteiger partial charge in [0.1, 0.15) is 11.8 Å². The van der Waals surface area contributed by atoms with E-state index in [-0.39, 0.29) is 25.0 Å². The topological polar surface area (TPSA) is 139 Å². The number of carboxylic acid groups (broad SMARTS) is 1. The Morgan fingerprint density at radius 3 is 2.39 bits per heavy atom. The van der Waals surface area contributed by atoms with Gasteiger partial charge in [0.15, 0.2) is 0 Å². The van der Waals surface area contributed by atoms with Gasteiger partial charge in [0, 0.05) is 12.8 Å². The maximum Gasteiger partial charge on any atom is 0.328 e. The van der Waals surface area contributed by atoms with Gasteiger partial charge in [0.05, 0.1) is 13.2 Å². The molecule has 0 aromatic heterocycles. The zero-order valence-electron chi connectivity index (χ0n) is 12.7. The SMILES string of the molecule is COC(=O)[C@H](Cc1ccc(O)cc1)NC(=O)[C@@H](N)CCC(=O)O. The number of amides is 1. The summed E-state index contributed by atoms with van der Waals surface area (Å²) in [7, 11) is 1.20. The van der Waals surface area contributed by atoms with Crippen molar-refractivity contribution in [2.24, 2.45) is 5.73 Å². The van der Waals surface area contributed by atoms with Crippen molar-refractivity contribution >= 4 is 17.8 Å². The van der Waals surface area contributed by atoms with Crippen molar-refractivity contribution in [1.82, 2.24) is 5.32 Å². The summed E-state index contributed by atoms with van der Waals surface area (Å²) in [6.07, 6.45) is -0.117. The number of nitrogens with one attached hydrogen (secondary N) is 1. The second-order valence-electron chi connectivity index (χ2n) is 4.99. The van der Waals surface area contributed by atoms with Gasteiger partial charge in [-0.1, -0.05) is 12.1 Å². The molecule has 0 aliphatic carbocycles. The van der Waals surface area contributed by atoms with E-state index in [1.807, 2.05) is 0 Å². The van der Waals surface area contributed by atoms with E-state index in [1.165, 1.54) is 19.2 Å². The number of carboxylic acids is 1. The molecule has 1 aromatic carbocycles. The molecule has 1 rings (SSSR count). The van der Waals surface area contributed by atoms with Gasteiger partial charge in [-0.05, 0) is 24.1 Å². The van der Waals surface area contributed by atoms with Gasteiger partial charge in [-0.25, -0.2) is 4.79 Å². The number of nitrogens with two attached hydrogens (primary N) is 1. The highest BCUT2D eigenvalue weighted by atomic mass is 16.5. The minimum absolute atomic E-state index is 0.0335. The van der Waals surface area contributed by atoms with Gasteiger partial charge < -0.3 is 26.0 Å². The fraction of sp³-hybridized carbons (Fsp3) is 0.400. The normalized spacial score (nSPS) is 13.0. The largest absolute Gasteiger partial charge is 0.508 e. The number of benzene rings is 1. The van der Waals surface area contributed by atoms with Gasteiger partial charge in [-0.2, -0.15) is 0 Å². The summed E-state index contributed by atoms with van der Waals surface area (Å²) in [6.45, 7) is 0. The zero-order chi connectivity index (χ0) is 17.4. The average Bonchev–Trinajstić information content (AvgIpc) is 2.52. The summed E-state index contributed by atoms with van der Waals surface area (Å²) in [5.74, 6) is -2.23.